The van der Waals surface area contributed by atoms with Crippen molar-refractivity contribution in [2.75, 3.05) is 19.8 Å². The van der Waals surface area contributed by atoms with Gasteiger partial charge in [0.15, 0.2) is 11.5 Å². The van der Waals surface area contributed by atoms with Crippen molar-refractivity contribution >= 4 is 11.8 Å². The minimum Gasteiger partial charge on any atom is -0.490 e. The van der Waals surface area contributed by atoms with Gasteiger partial charge in [-0.05, 0) is 50.6 Å². The first kappa shape index (κ1) is 21.3. The fourth-order valence-corrected chi connectivity index (χ4v) is 2.72. The van der Waals surface area contributed by atoms with E-state index in [9.17, 15) is 9.59 Å². The van der Waals surface area contributed by atoms with Gasteiger partial charge < -0.3 is 20.1 Å². The number of carbonyl (C=O) groups excluding carboxylic acids is 2. The van der Waals surface area contributed by atoms with Gasteiger partial charge in [0.05, 0.1) is 19.3 Å². The fourth-order valence-electron chi connectivity index (χ4n) is 2.72. The second-order valence-corrected chi connectivity index (χ2v) is 6.23. The minimum atomic E-state index is -0.188. The van der Waals surface area contributed by atoms with E-state index in [-0.39, 0.29) is 30.8 Å². The Morgan fingerprint density at radius 1 is 0.964 bits per heavy atom. The number of carbonyl (C=O) groups is 2. The molecule has 2 aromatic carbocycles. The summed E-state index contributed by atoms with van der Waals surface area (Å²) in [6.45, 7) is 7.11. The zero-order chi connectivity index (χ0) is 20.4. The van der Waals surface area contributed by atoms with Crippen LogP contribution in [0.3, 0.4) is 0 Å². The standard InChI is InChI=1S/C22H28N2O4/c1-4-27-19-12-11-18(15-20(19)28-5-2)16(3)24-21(25)13-14-23-22(26)17-9-7-6-8-10-17/h6-12,15-16H,4-5,13-14H2,1-3H3,(H,23,26)(H,24,25). The summed E-state index contributed by atoms with van der Waals surface area (Å²) in [6, 6.07) is 14.4. The van der Waals surface area contributed by atoms with Crippen LogP contribution in [-0.2, 0) is 4.79 Å². The molecule has 0 radical (unpaired) electrons. The van der Waals surface area contributed by atoms with Gasteiger partial charge in [-0.2, -0.15) is 0 Å². The Morgan fingerprint density at radius 2 is 1.64 bits per heavy atom. The summed E-state index contributed by atoms with van der Waals surface area (Å²) in [4.78, 5) is 24.2. The lowest BCUT2D eigenvalue weighted by Crippen LogP contribution is -2.32. The van der Waals surface area contributed by atoms with E-state index in [1.807, 2.05) is 45.0 Å². The monoisotopic (exact) mass is 384 g/mol. The van der Waals surface area contributed by atoms with Crippen LogP contribution in [-0.4, -0.2) is 31.6 Å². The summed E-state index contributed by atoms with van der Waals surface area (Å²) in [7, 11) is 0. The zero-order valence-electron chi connectivity index (χ0n) is 16.7. The maximum Gasteiger partial charge on any atom is 0.251 e. The second kappa shape index (κ2) is 11.0. The number of nitrogens with one attached hydrogen (secondary N) is 2. The lowest BCUT2D eigenvalue weighted by molar-refractivity contribution is -0.121. The third-order valence-electron chi connectivity index (χ3n) is 4.12. The maximum atomic E-state index is 12.2. The van der Waals surface area contributed by atoms with Gasteiger partial charge in [-0.15, -0.1) is 0 Å². The SMILES string of the molecule is CCOc1ccc(C(C)NC(=O)CCNC(=O)c2ccccc2)cc1OCC. The number of hydrogen-bond donors (Lipinski definition) is 2. The maximum absolute atomic E-state index is 12.2. The number of rotatable bonds is 10. The molecule has 28 heavy (non-hydrogen) atoms. The highest BCUT2D eigenvalue weighted by atomic mass is 16.5. The van der Waals surface area contributed by atoms with Crippen LogP contribution in [0.4, 0.5) is 0 Å². The molecule has 0 fully saturated rings. The van der Waals surface area contributed by atoms with Crippen LogP contribution in [0, 0.1) is 0 Å². The summed E-state index contributed by atoms with van der Waals surface area (Å²) < 4.78 is 11.2. The van der Waals surface area contributed by atoms with Crippen LogP contribution in [0.5, 0.6) is 11.5 Å². The highest BCUT2D eigenvalue weighted by Gasteiger charge is 2.13. The molecule has 0 aliphatic heterocycles. The van der Waals surface area contributed by atoms with Crippen LogP contribution in [0.25, 0.3) is 0 Å². The molecule has 0 spiro atoms. The van der Waals surface area contributed by atoms with E-state index in [1.165, 1.54) is 0 Å². The van der Waals surface area contributed by atoms with Crippen molar-refractivity contribution in [3.05, 3.63) is 59.7 Å². The lowest BCUT2D eigenvalue weighted by atomic mass is 10.1. The normalized spacial score (nSPS) is 11.4. The molecule has 150 valence electrons. The molecule has 0 aliphatic carbocycles. The van der Waals surface area contributed by atoms with E-state index in [0.717, 1.165) is 5.56 Å². The Hall–Kier alpha value is -3.02. The smallest absolute Gasteiger partial charge is 0.251 e. The van der Waals surface area contributed by atoms with Gasteiger partial charge in [-0.25, -0.2) is 0 Å². The largest absolute Gasteiger partial charge is 0.490 e. The van der Waals surface area contributed by atoms with Crippen molar-refractivity contribution in [2.24, 2.45) is 0 Å². The molecule has 2 N–H and O–H groups in total. The molecule has 2 amide bonds. The first-order valence-electron chi connectivity index (χ1n) is 9.57. The van der Waals surface area contributed by atoms with E-state index < -0.39 is 0 Å². The van der Waals surface area contributed by atoms with Crippen LogP contribution in [0.15, 0.2) is 48.5 Å². The number of benzene rings is 2. The molecular formula is C22H28N2O4. The van der Waals surface area contributed by atoms with E-state index >= 15 is 0 Å². The Morgan fingerprint density at radius 3 is 2.32 bits per heavy atom. The Bertz CT molecular complexity index is 777. The van der Waals surface area contributed by atoms with Gasteiger partial charge >= 0.3 is 0 Å². The molecule has 6 heteroatoms. The molecule has 2 aromatic rings. The third-order valence-corrected chi connectivity index (χ3v) is 4.12. The summed E-state index contributed by atoms with van der Waals surface area (Å²) in [5.41, 5.74) is 1.50. The summed E-state index contributed by atoms with van der Waals surface area (Å²) >= 11 is 0. The average molecular weight is 384 g/mol. The summed E-state index contributed by atoms with van der Waals surface area (Å²) in [5, 5.41) is 5.70. The van der Waals surface area contributed by atoms with Crippen molar-refractivity contribution in [2.45, 2.75) is 33.2 Å². The van der Waals surface area contributed by atoms with Crippen LogP contribution >= 0.6 is 0 Å². The van der Waals surface area contributed by atoms with E-state index in [2.05, 4.69) is 10.6 Å². The molecule has 2 rings (SSSR count). The topological polar surface area (TPSA) is 76.7 Å². The van der Waals surface area contributed by atoms with Crippen molar-refractivity contribution in [1.29, 1.82) is 0 Å². The van der Waals surface area contributed by atoms with Crippen molar-refractivity contribution < 1.29 is 19.1 Å². The molecule has 0 aromatic heterocycles. The van der Waals surface area contributed by atoms with Crippen molar-refractivity contribution in [3.8, 4) is 11.5 Å². The molecule has 0 heterocycles. The third kappa shape index (κ3) is 6.30. The lowest BCUT2D eigenvalue weighted by Gasteiger charge is -2.17. The quantitative estimate of drug-likeness (QED) is 0.657. The van der Waals surface area contributed by atoms with Crippen LogP contribution in [0.1, 0.15) is 49.2 Å². The summed E-state index contributed by atoms with van der Waals surface area (Å²) in [6.07, 6.45) is 0.207. The number of amides is 2. The first-order chi connectivity index (χ1) is 13.5. The van der Waals surface area contributed by atoms with Gasteiger partial charge in [0.25, 0.3) is 5.91 Å². The van der Waals surface area contributed by atoms with Gasteiger partial charge in [0.1, 0.15) is 0 Å². The van der Waals surface area contributed by atoms with Gasteiger partial charge in [-0.3, -0.25) is 9.59 Å². The fraction of sp³-hybridized carbons (Fsp3) is 0.364. The highest BCUT2D eigenvalue weighted by Crippen LogP contribution is 2.30. The van der Waals surface area contributed by atoms with Gasteiger partial charge in [0.2, 0.25) is 5.91 Å². The number of ether oxygens (including phenoxy) is 2. The molecule has 6 nitrogen and oxygen atoms in total. The predicted octanol–water partition coefficient (Wildman–Crippen LogP) is 3.48. The molecule has 0 saturated heterocycles. The number of hydrogen-bond acceptors (Lipinski definition) is 4. The molecule has 1 unspecified atom stereocenters. The van der Waals surface area contributed by atoms with Gasteiger partial charge in [-0.1, -0.05) is 24.3 Å². The zero-order valence-corrected chi connectivity index (χ0v) is 16.7. The minimum absolute atomic E-state index is 0.132. The van der Waals surface area contributed by atoms with Gasteiger partial charge in [0, 0.05) is 18.5 Å². The Kier molecular flexibility index (Phi) is 8.34. The molecule has 1 atom stereocenters. The van der Waals surface area contributed by atoms with E-state index in [4.69, 9.17) is 9.47 Å². The molecular weight excluding hydrogens is 356 g/mol. The second-order valence-electron chi connectivity index (χ2n) is 6.23. The molecule has 0 bridgehead atoms. The molecule has 0 aliphatic rings. The predicted molar refractivity (Wildman–Crippen MR) is 109 cm³/mol. The van der Waals surface area contributed by atoms with Crippen LogP contribution in [0.2, 0.25) is 0 Å². The molecule has 0 saturated carbocycles. The van der Waals surface area contributed by atoms with E-state index in [0.29, 0.717) is 30.3 Å². The van der Waals surface area contributed by atoms with E-state index in [1.54, 1.807) is 24.3 Å². The first-order valence-corrected chi connectivity index (χ1v) is 9.57. The summed E-state index contributed by atoms with van der Waals surface area (Å²) in [5.74, 6) is 1.04. The highest BCUT2D eigenvalue weighted by molar-refractivity contribution is 5.94. The van der Waals surface area contributed by atoms with Crippen LogP contribution < -0.4 is 20.1 Å². The van der Waals surface area contributed by atoms with Crippen molar-refractivity contribution in [3.63, 3.8) is 0 Å². The van der Waals surface area contributed by atoms with Crippen molar-refractivity contribution in [1.82, 2.24) is 10.6 Å². The average Bonchev–Trinajstić information content (AvgIpc) is 2.70. The Labute approximate surface area is 166 Å². The Balaban J connectivity index is 1.86.